The number of hydrogen-bond acceptors (Lipinski definition) is 1. The van der Waals surface area contributed by atoms with Gasteiger partial charge in [-0.25, -0.2) is 8.78 Å². The number of rotatable bonds is 3. The molecule has 2 rings (SSSR count). The summed E-state index contributed by atoms with van der Waals surface area (Å²) in [5, 5.41) is 0. The van der Waals surface area contributed by atoms with Crippen LogP contribution in [0, 0.1) is 11.3 Å². The molecule has 0 aromatic rings. The van der Waals surface area contributed by atoms with E-state index in [4.69, 9.17) is 0 Å². The second kappa shape index (κ2) is 5.90. The molecule has 1 saturated carbocycles. The van der Waals surface area contributed by atoms with Crippen LogP contribution in [-0.2, 0) is 4.79 Å². The summed E-state index contributed by atoms with van der Waals surface area (Å²) in [4.78, 5) is 14.2. The topological polar surface area (TPSA) is 20.3 Å². The molecule has 0 radical (unpaired) electrons. The molecule has 2 aliphatic rings. The summed E-state index contributed by atoms with van der Waals surface area (Å²) in [6.07, 6.45) is 13.0. The van der Waals surface area contributed by atoms with Crippen molar-refractivity contribution in [1.29, 1.82) is 0 Å². The van der Waals surface area contributed by atoms with Crippen molar-refractivity contribution in [2.24, 2.45) is 11.3 Å². The average molecular weight is 297 g/mol. The van der Waals surface area contributed by atoms with Gasteiger partial charge in [-0.15, -0.1) is 0 Å². The van der Waals surface area contributed by atoms with Gasteiger partial charge in [-0.05, 0) is 38.7 Å². The number of halogens is 2. The molecule has 1 fully saturated rings. The van der Waals surface area contributed by atoms with Crippen LogP contribution in [0.25, 0.3) is 0 Å². The van der Waals surface area contributed by atoms with Gasteiger partial charge in [0.15, 0.2) is 0 Å². The van der Waals surface area contributed by atoms with E-state index in [1.807, 2.05) is 12.2 Å². The zero-order valence-electron chi connectivity index (χ0n) is 13.1. The van der Waals surface area contributed by atoms with Crippen LogP contribution in [0.5, 0.6) is 0 Å². The van der Waals surface area contributed by atoms with E-state index in [1.54, 1.807) is 12.3 Å². The molecule has 0 saturated heterocycles. The van der Waals surface area contributed by atoms with Crippen molar-refractivity contribution in [1.82, 2.24) is 4.90 Å². The molecule has 4 heteroatoms. The van der Waals surface area contributed by atoms with E-state index in [1.165, 1.54) is 25.2 Å². The molecule has 2 nitrogen and oxygen atoms in total. The Balaban J connectivity index is 2.21. The van der Waals surface area contributed by atoms with Gasteiger partial charge in [0.25, 0.3) is 5.92 Å². The highest BCUT2D eigenvalue weighted by molar-refractivity contribution is 5.84. The van der Waals surface area contributed by atoms with Gasteiger partial charge in [-0.2, -0.15) is 0 Å². The van der Waals surface area contributed by atoms with Crippen molar-refractivity contribution in [2.45, 2.75) is 64.8 Å². The molecule has 0 aromatic heterocycles. The Morgan fingerprint density at radius 3 is 2.29 bits per heavy atom. The number of allylic oxidation sites excluding steroid dienone is 2. The molecule has 0 N–H and O–H groups in total. The maximum atomic E-state index is 13.8. The molecule has 21 heavy (non-hydrogen) atoms. The van der Waals surface area contributed by atoms with Crippen LogP contribution in [0.4, 0.5) is 8.78 Å². The Bertz CT molecular complexity index is 442. The number of carbonyl (C=O) groups excluding carboxylic acids is 1. The molecule has 0 bridgehead atoms. The van der Waals surface area contributed by atoms with Gasteiger partial charge in [0.05, 0.1) is 6.04 Å². The average Bonchev–Trinajstić information content (AvgIpc) is 2.46. The molecular weight excluding hydrogens is 272 g/mol. The van der Waals surface area contributed by atoms with Gasteiger partial charge in [0, 0.05) is 13.1 Å². The fourth-order valence-electron chi connectivity index (χ4n) is 3.09. The summed E-state index contributed by atoms with van der Waals surface area (Å²) in [6.45, 7) is 3.49. The molecule has 1 unspecified atom stereocenters. The zero-order valence-corrected chi connectivity index (χ0v) is 13.1. The predicted molar refractivity (Wildman–Crippen MR) is 79.9 cm³/mol. The van der Waals surface area contributed by atoms with E-state index in [9.17, 15) is 13.6 Å². The van der Waals surface area contributed by atoms with E-state index in [0.29, 0.717) is 5.92 Å². The number of nitrogens with zero attached hydrogens (tertiary/aromatic N) is 1. The van der Waals surface area contributed by atoms with Crippen molar-refractivity contribution in [2.75, 3.05) is 0 Å². The number of hydrogen-bond donors (Lipinski definition) is 0. The van der Waals surface area contributed by atoms with E-state index >= 15 is 0 Å². The molecule has 0 spiro atoms. The van der Waals surface area contributed by atoms with Crippen molar-refractivity contribution in [3.8, 4) is 0 Å². The van der Waals surface area contributed by atoms with Crippen LogP contribution in [0.15, 0.2) is 24.4 Å². The SMILES string of the molecule is CC(F)(F)C(C)(C)C(=O)N1C=CC=CC1C1CCCCC1. The van der Waals surface area contributed by atoms with Crippen LogP contribution in [0.2, 0.25) is 0 Å². The second-order valence-electron chi connectivity index (χ2n) is 6.84. The third-order valence-electron chi connectivity index (χ3n) is 4.99. The van der Waals surface area contributed by atoms with Crippen LogP contribution in [-0.4, -0.2) is 22.8 Å². The van der Waals surface area contributed by atoms with E-state index < -0.39 is 17.2 Å². The summed E-state index contributed by atoms with van der Waals surface area (Å²) < 4.78 is 27.6. The standard InChI is InChI=1S/C17H25F2NO/c1-16(2,17(3,18)19)15(21)20-12-8-7-11-14(20)13-9-5-4-6-10-13/h7-8,11-14H,4-6,9-10H2,1-3H3. The maximum absolute atomic E-state index is 13.8. The van der Waals surface area contributed by atoms with Crippen molar-refractivity contribution in [3.05, 3.63) is 24.4 Å². The highest BCUT2D eigenvalue weighted by Gasteiger charge is 2.51. The second-order valence-corrected chi connectivity index (χ2v) is 6.84. The lowest BCUT2D eigenvalue weighted by Gasteiger charge is -2.41. The largest absolute Gasteiger partial charge is 0.311 e. The maximum Gasteiger partial charge on any atom is 0.259 e. The molecule has 1 aliphatic heterocycles. The number of amides is 1. The molecular formula is C17H25F2NO. The first-order chi connectivity index (χ1) is 9.75. The first-order valence-corrected chi connectivity index (χ1v) is 7.81. The van der Waals surface area contributed by atoms with Crippen LogP contribution in [0.1, 0.15) is 52.9 Å². The van der Waals surface area contributed by atoms with Gasteiger partial charge < -0.3 is 4.90 Å². The van der Waals surface area contributed by atoms with Crippen molar-refractivity contribution >= 4 is 5.91 Å². The lowest BCUT2D eigenvalue weighted by molar-refractivity contribution is -0.162. The minimum absolute atomic E-state index is 0.0792. The van der Waals surface area contributed by atoms with Crippen molar-refractivity contribution < 1.29 is 13.6 Å². The summed E-state index contributed by atoms with van der Waals surface area (Å²) >= 11 is 0. The van der Waals surface area contributed by atoms with E-state index in [2.05, 4.69) is 0 Å². The van der Waals surface area contributed by atoms with E-state index in [-0.39, 0.29) is 6.04 Å². The van der Waals surface area contributed by atoms with Gasteiger partial charge in [-0.3, -0.25) is 4.79 Å². The summed E-state index contributed by atoms with van der Waals surface area (Å²) in [6, 6.07) is -0.0792. The lowest BCUT2D eigenvalue weighted by Crippen LogP contribution is -2.52. The van der Waals surface area contributed by atoms with Gasteiger partial charge in [0.2, 0.25) is 5.91 Å². The van der Waals surface area contributed by atoms with Crippen LogP contribution >= 0.6 is 0 Å². The number of carbonyl (C=O) groups is 1. The van der Waals surface area contributed by atoms with Gasteiger partial charge >= 0.3 is 0 Å². The minimum atomic E-state index is -3.05. The Morgan fingerprint density at radius 2 is 1.71 bits per heavy atom. The minimum Gasteiger partial charge on any atom is -0.311 e. The third-order valence-corrected chi connectivity index (χ3v) is 4.99. The molecule has 1 amide bonds. The quantitative estimate of drug-likeness (QED) is 0.749. The smallest absolute Gasteiger partial charge is 0.259 e. The molecule has 1 atom stereocenters. The predicted octanol–water partition coefficient (Wildman–Crippen LogP) is 4.53. The fraction of sp³-hybridized carbons (Fsp3) is 0.706. The molecule has 1 heterocycles. The monoisotopic (exact) mass is 297 g/mol. The van der Waals surface area contributed by atoms with E-state index in [0.717, 1.165) is 32.6 Å². The molecule has 118 valence electrons. The summed E-state index contributed by atoms with van der Waals surface area (Å²) in [5.41, 5.74) is -1.70. The number of alkyl halides is 2. The third kappa shape index (κ3) is 3.19. The molecule has 0 aromatic carbocycles. The van der Waals surface area contributed by atoms with Crippen LogP contribution in [0.3, 0.4) is 0 Å². The highest BCUT2D eigenvalue weighted by atomic mass is 19.3. The Labute approximate surface area is 125 Å². The highest BCUT2D eigenvalue weighted by Crippen LogP contribution is 2.40. The summed E-state index contributed by atoms with van der Waals surface area (Å²) in [7, 11) is 0. The molecule has 1 aliphatic carbocycles. The fourth-order valence-corrected chi connectivity index (χ4v) is 3.09. The Kier molecular flexibility index (Phi) is 4.54. The Morgan fingerprint density at radius 1 is 1.10 bits per heavy atom. The summed E-state index contributed by atoms with van der Waals surface area (Å²) in [5.74, 6) is -3.16. The lowest BCUT2D eigenvalue weighted by atomic mass is 9.80. The van der Waals surface area contributed by atoms with Crippen molar-refractivity contribution in [3.63, 3.8) is 0 Å². The normalized spacial score (nSPS) is 24.4. The Hall–Kier alpha value is -1.19. The van der Waals surface area contributed by atoms with Gasteiger partial charge in [0.1, 0.15) is 5.41 Å². The first-order valence-electron chi connectivity index (χ1n) is 7.81. The van der Waals surface area contributed by atoms with Gasteiger partial charge in [-0.1, -0.05) is 31.4 Å². The zero-order chi connectivity index (χ0) is 15.7. The first kappa shape index (κ1) is 16.2. The van der Waals surface area contributed by atoms with Crippen LogP contribution < -0.4 is 0 Å².